The molecule has 10 unspecified atom stereocenters. The van der Waals surface area contributed by atoms with Crippen LogP contribution in [0.5, 0.6) is 0 Å². The predicted molar refractivity (Wildman–Crippen MR) is 125 cm³/mol. The fourth-order valence-electron chi connectivity index (χ4n) is 8.64. The second-order valence-corrected chi connectivity index (χ2v) is 11.7. The minimum Gasteiger partial charge on any atom is -0.462 e. The number of aliphatic hydroxyl groups is 2. The fraction of sp³-hybridized carbons (Fsp3) is 0.885. The largest absolute Gasteiger partial charge is 0.462 e. The Kier molecular flexibility index (Phi) is 6.30. The monoisotopic (exact) mass is 476 g/mol. The maximum atomic E-state index is 12.8. The third-order valence-corrected chi connectivity index (χ3v) is 10.3. The van der Waals surface area contributed by atoms with Crippen LogP contribution < -0.4 is 5.32 Å². The summed E-state index contributed by atoms with van der Waals surface area (Å²) in [7, 11) is 0. The summed E-state index contributed by atoms with van der Waals surface area (Å²) in [6, 6.07) is 0. The van der Waals surface area contributed by atoms with Gasteiger partial charge >= 0.3 is 5.97 Å². The van der Waals surface area contributed by atoms with E-state index >= 15 is 0 Å². The first-order chi connectivity index (χ1) is 16.2. The third kappa shape index (κ3) is 3.63. The zero-order chi connectivity index (χ0) is 24.3. The molecule has 34 heavy (non-hydrogen) atoms. The van der Waals surface area contributed by atoms with Crippen molar-refractivity contribution in [3.05, 3.63) is 0 Å². The first-order valence-corrected chi connectivity index (χ1v) is 13.2. The van der Waals surface area contributed by atoms with E-state index in [0.717, 1.165) is 57.3 Å². The Bertz CT molecular complexity index is 856. The Morgan fingerprint density at radius 3 is 2.62 bits per heavy atom. The zero-order valence-electron chi connectivity index (χ0n) is 20.7. The number of aliphatic hydroxyl groups excluding tert-OH is 2. The lowest BCUT2D eigenvalue weighted by Crippen LogP contribution is -2.67. The molecule has 0 aromatic carbocycles. The van der Waals surface area contributed by atoms with Gasteiger partial charge in [0.2, 0.25) is 0 Å². The van der Waals surface area contributed by atoms with Gasteiger partial charge in [-0.1, -0.05) is 12.1 Å². The number of ketones is 1. The highest BCUT2D eigenvalue weighted by Gasteiger charge is 2.68. The molecule has 8 nitrogen and oxygen atoms in total. The Hall–Kier alpha value is -1.51. The smallest absolute Gasteiger partial charge is 0.302 e. The van der Waals surface area contributed by atoms with Crippen molar-refractivity contribution in [2.24, 2.45) is 39.7 Å². The van der Waals surface area contributed by atoms with Crippen molar-refractivity contribution in [3.8, 4) is 0 Å². The van der Waals surface area contributed by atoms with Gasteiger partial charge in [-0.3, -0.25) is 9.59 Å². The molecule has 1 heterocycles. The van der Waals surface area contributed by atoms with Crippen LogP contribution in [-0.2, 0) is 19.2 Å². The minimum atomic E-state index is -0.962. The summed E-state index contributed by atoms with van der Waals surface area (Å²) in [5.41, 5.74) is 0.0184. The fourth-order valence-corrected chi connectivity index (χ4v) is 8.64. The molecule has 0 bridgehead atoms. The molecular formula is C26H40N2O6. The molecule has 5 aliphatic rings. The van der Waals surface area contributed by atoms with E-state index in [9.17, 15) is 19.8 Å². The number of esters is 1. The number of carbonyl (C=O) groups is 2. The van der Waals surface area contributed by atoms with Crippen LogP contribution in [0.2, 0.25) is 0 Å². The Labute approximate surface area is 201 Å². The molecule has 1 aliphatic heterocycles. The molecule has 3 N–H and O–H groups in total. The molecule has 8 heteroatoms. The number of fused-ring (bicyclic) bond motifs is 5. The number of hydrogen-bond acceptors (Lipinski definition) is 8. The Morgan fingerprint density at radius 1 is 1.12 bits per heavy atom. The average Bonchev–Trinajstić information content (AvgIpc) is 3.43. The van der Waals surface area contributed by atoms with Crippen molar-refractivity contribution in [1.82, 2.24) is 5.32 Å². The zero-order valence-corrected chi connectivity index (χ0v) is 20.7. The van der Waals surface area contributed by atoms with Gasteiger partial charge < -0.3 is 25.1 Å². The summed E-state index contributed by atoms with van der Waals surface area (Å²) in [4.78, 5) is 30.6. The molecule has 1 saturated heterocycles. The molecule has 0 radical (unpaired) electrons. The van der Waals surface area contributed by atoms with E-state index in [1.807, 2.05) is 6.92 Å². The van der Waals surface area contributed by atoms with Crippen molar-refractivity contribution in [2.45, 2.75) is 96.6 Å². The van der Waals surface area contributed by atoms with Crippen molar-refractivity contribution < 1.29 is 29.4 Å². The summed E-state index contributed by atoms with van der Waals surface area (Å²) in [5, 5.41) is 30.8. The highest BCUT2D eigenvalue weighted by Crippen LogP contribution is 2.66. The molecule has 0 amide bonds. The average molecular weight is 477 g/mol. The Balaban J connectivity index is 1.49. The summed E-state index contributed by atoms with van der Waals surface area (Å²) in [5.74, 6) is -0.356. The van der Waals surface area contributed by atoms with Gasteiger partial charge in [0.25, 0.3) is 0 Å². The van der Waals surface area contributed by atoms with E-state index in [1.54, 1.807) is 0 Å². The van der Waals surface area contributed by atoms with Gasteiger partial charge in [0.1, 0.15) is 18.0 Å². The number of nitrogens with zero attached hydrogens (tertiary/aromatic N) is 1. The topological polar surface area (TPSA) is 117 Å². The van der Waals surface area contributed by atoms with Gasteiger partial charge in [-0.15, -0.1) is 0 Å². The number of rotatable bonds is 4. The SMILES string of the molecule is CC(=O)OC(C)C12CCC(=NOC3CCNC3)CC1C(O)C(O)C1C3CCC(=O)C3(C)CCC12. The maximum absolute atomic E-state index is 12.8. The maximum Gasteiger partial charge on any atom is 0.302 e. The van der Waals surface area contributed by atoms with Gasteiger partial charge in [0.05, 0.1) is 17.9 Å². The van der Waals surface area contributed by atoms with Crippen molar-refractivity contribution in [3.63, 3.8) is 0 Å². The molecule has 5 rings (SSSR count). The summed E-state index contributed by atoms with van der Waals surface area (Å²) >= 11 is 0. The van der Waals surface area contributed by atoms with Crippen LogP contribution in [-0.4, -0.2) is 65.2 Å². The normalized spacial score (nSPS) is 48.1. The number of carbonyl (C=O) groups excluding carboxylic acids is 2. The lowest BCUT2D eigenvalue weighted by Gasteiger charge is -2.64. The first-order valence-electron chi connectivity index (χ1n) is 13.2. The van der Waals surface area contributed by atoms with Crippen LogP contribution in [0.25, 0.3) is 0 Å². The minimum absolute atomic E-state index is 0.0546. The standard InChI is InChI=1S/C26H40N2O6/c1-14(33-15(2)29)26-10-6-16(28-34-17-8-11-27-13-17)12-20(26)23(31)24(32)22-18-4-5-21(30)25(18,3)9-7-19(22)26/h14,17-20,22-24,27,31-32H,4-13H2,1-3H3. The highest BCUT2D eigenvalue weighted by atomic mass is 16.6. The van der Waals surface area contributed by atoms with Gasteiger partial charge in [0, 0.05) is 43.1 Å². The predicted octanol–water partition coefficient (Wildman–Crippen LogP) is 2.21. The molecular weight excluding hydrogens is 436 g/mol. The number of ether oxygens (including phenoxy) is 1. The quantitative estimate of drug-likeness (QED) is 0.421. The van der Waals surface area contributed by atoms with E-state index < -0.39 is 29.1 Å². The van der Waals surface area contributed by atoms with Crippen LogP contribution in [0, 0.1) is 34.5 Å². The van der Waals surface area contributed by atoms with Crippen LogP contribution in [0.15, 0.2) is 5.16 Å². The third-order valence-electron chi connectivity index (χ3n) is 10.3. The second-order valence-electron chi connectivity index (χ2n) is 11.7. The number of nitrogens with one attached hydrogen (secondary N) is 1. The lowest BCUT2D eigenvalue weighted by atomic mass is 9.42. The molecule has 0 aromatic heterocycles. The summed E-state index contributed by atoms with van der Waals surface area (Å²) in [6.45, 7) is 7.15. The molecule has 4 saturated carbocycles. The molecule has 10 atom stereocenters. The second kappa shape index (κ2) is 8.86. The molecule has 190 valence electrons. The van der Waals surface area contributed by atoms with E-state index in [0.29, 0.717) is 18.6 Å². The van der Waals surface area contributed by atoms with Crippen LogP contribution >= 0.6 is 0 Å². The Morgan fingerprint density at radius 2 is 1.91 bits per heavy atom. The lowest BCUT2D eigenvalue weighted by molar-refractivity contribution is -0.238. The molecule has 5 fully saturated rings. The van der Waals surface area contributed by atoms with Crippen molar-refractivity contribution in [1.29, 1.82) is 0 Å². The molecule has 0 aromatic rings. The van der Waals surface area contributed by atoms with Gasteiger partial charge in [-0.25, -0.2) is 0 Å². The van der Waals surface area contributed by atoms with Crippen LogP contribution in [0.3, 0.4) is 0 Å². The van der Waals surface area contributed by atoms with Crippen LogP contribution in [0.1, 0.15) is 72.1 Å². The summed E-state index contributed by atoms with van der Waals surface area (Å²) < 4.78 is 5.84. The van der Waals surface area contributed by atoms with Crippen molar-refractivity contribution >= 4 is 17.5 Å². The molecule has 4 aliphatic carbocycles. The number of hydrogen-bond donors (Lipinski definition) is 3. The first kappa shape index (κ1) is 24.2. The van der Waals surface area contributed by atoms with E-state index in [1.165, 1.54) is 6.92 Å². The van der Waals surface area contributed by atoms with Gasteiger partial charge in [-0.05, 0) is 69.7 Å². The number of Topliss-reactive ketones (excluding diaryl/α,β-unsaturated/α-hetero) is 1. The number of oxime groups is 1. The van der Waals surface area contributed by atoms with Gasteiger partial charge in [0.15, 0.2) is 0 Å². The van der Waals surface area contributed by atoms with E-state index in [-0.39, 0.29) is 35.7 Å². The highest BCUT2D eigenvalue weighted by molar-refractivity contribution is 5.87. The van der Waals surface area contributed by atoms with Crippen LogP contribution in [0.4, 0.5) is 0 Å². The van der Waals surface area contributed by atoms with E-state index in [4.69, 9.17) is 9.57 Å². The molecule has 0 spiro atoms. The van der Waals surface area contributed by atoms with Gasteiger partial charge in [-0.2, -0.15) is 0 Å². The summed E-state index contributed by atoms with van der Waals surface area (Å²) in [6.07, 6.45) is 3.60. The van der Waals surface area contributed by atoms with E-state index in [2.05, 4.69) is 17.4 Å². The van der Waals surface area contributed by atoms with Crippen molar-refractivity contribution in [2.75, 3.05) is 13.1 Å².